The van der Waals surface area contributed by atoms with E-state index in [0.717, 1.165) is 25.8 Å². The van der Waals surface area contributed by atoms with Gasteiger partial charge in [0.2, 0.25) is 0 Å². The average molecular weight is 450 g/mol. The van der Waals surface area contributed by atoms with Gasteiger partial charge in [0.05, 0.1) is 6.61 Å². The molecule has 2 aliphatic rings. The van der Waals surface area contributed by atoms with Crippen LogP contribution in [0.15, 0.2) is 16.6 Å². The van der Waals surface area contributed by atoms with Crippen molar-refractivity contribution in [2.45, 2.75) is 57.9 Å². The molecule has 0 radical (unpaired) electrons. The number of allylic oxidation sites excluding steroid dienone is 1. The Morgan fingerprint density at radius 3 is 2.79 bits per heavy atom. The quantitative estimate of drug-likeness (QED) is 0.292. The van der Waals surface area contributed by atoms with Gasteiger partial charge < -0.3 is 20.7 Å². The summed E-state index contributed by atoms with van der Waals surface area (Å²) in [5.74, 6) is 0.524. The smallest absolute Gasteiger partial charge is 0.409 e. The molecule has 1 saturated heterocycles. The van der Waals surface area contributed by atoms with E-state index in [1.54, 1.807) is 4.90 Å². The molecule has 7 heteroatoms. The zero-order chi connectivity index (χ0) is 16.5. The molecule has 0 aromatic carbocycles. The summed E-state index contributed by atoms with van der Waals surface area (Å²) in [6.45, 7) is 4.42. The summed E-state index contributed by atoms with van der Waals surface area (Å²) in [6.07, 6.45) is 9.97. The fourth-order valence-corrected chi connectivity index (χ4v) is 3.13. The zero-order valence-corrected chi connectivity index (χ0v) is 17.0. The van der Waals surface area contributed by atoms with E-state index in [0.29, 0.717) is 31.7 Å². The molecule has 0 aromatic rings. The third kappa shape index (κ3) is 7.27. The second kappa shape index (κ2) is 11.5. The standard InChI is InChI=1S/C17H30N4O2.HI/c1-2-23-17(22)21-12-9-15(10-13-21)20-16(18)19-11-8-14-6-4-3-5-7-14;/h6,15H,2-5,7-13H2,1H3,(H3,18,19,20);1H. The van der Waals surface area contributed by atoms with E-state index in [1.807, 2.05) is 6.92 Å². The van der Waals surface area contributed by atoms with Crippen LogP contribution in [-0.2, 0) is 4.74 Å². The number of halogens is 1. The van der Waals surface area contributed by atoms with E-state index in [-0.39, 0.29) is 30.1 Å². The van der Waals surface area contributed by atoms with Gasteiger partial charge in [-0.25, -0.2) is 4.79 Å². The van der Waals surface area contributed by atoms with Crippen LogP contribution in [0.4, 0.5) is 4.79 Å². The highest BCUT2D eigenvalue weighted by Crippen LogP contribution is 2.19. The largest absolute Gasteiger partial charge is 0.450 e. The van der Waals surface area contributed by atoms with Gasteiger partial charge in [-0.3, -0.25) is 4.99 Å². The molecule has 0 bridgehead atoms. The number of hydrogen-bond acceptors (Lipinski definition) is 3. The van der Waals surface area contributed by atoms with Crippen LogP contribution in [0.5, 0.6) is 0 Å². The molecule has 24 heavy (non-hydrogen) atoms. The van der Waals surface area contributed by atoms with Crippen LogP contribution in [0.1, 0.15) is 51.9 Å². The molecule has 0 unspecified atom stereocenters. The van der Waals surface area contributed by atoms with E-state index >= 15 is 0 Å². The van der Waals surface area contributed by atoms with Gasteiger partial charge in [0.25, 0.3) is 0 Å². The number of carbonyl (C=O) groups is 1. The first kappa shape index (κ1) is 21.1. The summed E-state index contributed by atoms with van der Waals surface area (Å²) in [7, 11) is 0. The van der Waals surface area contributed by atoms with E-state index in [2.05, 4.69) is 16.4 Å². The Hall–Kier alpha value is -0.990. The number of hydrogen-bond donors (Lipinski definition) is 2. The van der Waals surface area contributed by atoms with Gasteiger partial charge in [-0.05, 0) is 51.9 Å². The zero-order valence-electron chi connectivity index (χ0n) is 14.6. The average Bonchev–Trinajstić information content (AvgIpc) is 2.57. The lowest BCUT2D eigenvalue weighted by molar-refractivity contribution is 0.0963. The lowest BCUT2D eigenvalue weighted by Gasteiger charge is -2.31. The maximum absolute atomic E-state index is 11.6. The monoisotopic (exact) mass is 450 g/mol. The van der Waals surface area contributed by atoms with E-state index < -0.39 is 0 Å². The lowest BCUT2D eigenvalue weighted by Crippen LogP contribution is -2.48. The molecule has 3 N–H and O–H groups in total. The van der Waals surface area contributed by atoms with Crippen LogP contribution in [-0.4, -0.2) is 49.2 Å². The van der Waals surface area contributed by atoms with Gasteiger partial charge >= 0.3 is 6.09 Å². The van der Waals surface area contributed by atoms with Crippen LogP contribution < -0.4 is 11.1 Å². The highest BCUT2D eigenvalue weighted by Gasteiger charge is 2.23. The Kier molecular flexibility index (Phi) is 10.1. The molecule has 0 aromatic heterocycles. The van der Waals surface area contributed by atoms with Crippen molar-refractivity contribution in [3.05, 3.63) is 11.6 Å². The minimum absolute atomic E-state index is 0. The minimum atomic E-state index is -0.214. The molecule has 1 amide bonds. The third-order valence-corrected chi connectivity index (χ3v) is 4.47. The first-order valence-electron chi connectivity index (χ1n) is 8.85. The van der Waals surface area contributed by atoms with Crippen molar-refractivity contribution in [3.63, 3.8) is 0 Å². The van der Waals surface area contributed by atoms with Crippen molar-refractivity contribution in [2.75, 3.05) is 26.2 Å². The van der Waals surface area contributed by atoms with Gasteiger partial charge in [-0.15, -0.1) is 24.0 Å². The van der Waals surface area contributed by atoms with Crippen molar-refractivity contribution in [2.24, 2.45) is 10.7 Å². The van der Waals surface area contributed by atoms with Crippen molar-refractivity contribution >= 4 is 36.0 Å². The molecule has 1 heterocycles. The van der Waals surface area contributed by atoms with Crippen LogP contribution >= 0.6 is 24.0 Å². The van der Waals surface area contributed by atoms with Gasteiger partial charge in [0, 0.05) is 25.7 Å². The Labute approximate surface area is 162 Å². The maximum Gasteiger partial charge on any atom is 0.409 e. The van der Waals surface area contributed by atoms with E-state index in [1.165, 1.54) is 31.3 Å². The topological polar surface area (TPSA) is 80.0 Å². The number of rotatable bonds is 5. The summed E-state index contributed by atoms with van der Waals surface area (Å²) in [5.41, 5.74) is 7.50. The molecule has 6 nitrogen and oxygen atoms in total. The Balaban J connectivity index is 0.00000288. The Morgan fingerprint density at radius 1 is 1.42 bits per heavy atom. The molecule has 138 valence electrons. The highest BCUT2D eigenvalue weighted by molar-refractivity contribution is 14.0. The van der Waals surface area contributed by atoms with Crippen molar-refractivity contribution in [3.8, 4) is 0 Å². The van der Waals surface area contributed by atoms with Gasteiger partial charge in [-0.1, -0.05) is 11.6 Å². The Bertz CT molecular complexity index is 446. The number of amides is 1. The number of nitrogens with two attached hydrogens (primary N) is 1. The molecule has 0 saturated carbocycles. The van der Waals surface area contributed by atoms with Crippen LogP contribution in [0, 0.1) is 0 Å². The fourth-order valence-electron chi connectivity index (χ4n) is 3.13. The van der Waals surface area contributed by atoms with Crippen LogP contribution in [0.3, 0.4) is 0 Å². The SMILES string of the molecule is CCOC(=O)N1CCC(NC(N)=NCCC2=CCCCC2)CC1.I. The van der Waals surface area contributed by atoms with Gasteiger partial charge in [0.1, 0.15) is 0 Å². The van der Waals surface area contributed by atoms with Crippen LogP contribution in [0.25, 0.3) is 0 Å². The molecule has 2 rings (SSSR count). The predicted octanol–water partition coefficient (Wildman–Crippen LogP) is 3.02. The molecule has 0 spiro atoms. The molecule has 1 aliphatic carbocycles. The van der Waals surface area contributed by atoms with Gasteiger partial charge in [0.15, 0.2) is 5.96 Å². The summed E-state index contributed by atoms with van der Waals surface area (Å²) < 4.78 is 5.02. The molecule has 1 fully saturated rings. The number of aliphatic imine (C=N–C) groups is 1. The molecule has 1 aliphatic heterocycles. The van der Waals surface area contributed by atoms with Crippen molar-refractivity contribution in [1.82, 2.24) is 10.2 Å². The van der Waals surface area contributed by atoms with Crippen LogP contribution in [0.2, 0.25) is 0 Å². The van der Waals surface area contributed by atoms with Crippen molar-refractivity contribution < 1.29 is 9.53 Å². The minimum Gasteiger partial charge on any atom is -0.450 e. The number of carbonyl (C=O) groups excluding carboxylic acids is 1. The van der Waals surface area contributed by atoms with E-state index in [4.69, 9.17) is 10.5 Å². The second-order valence-corrected chi connectivity index (χ2v) is 6.23. The number of likely N-dealkylation sites (tertiary alicyclic amines) is 1. The number of nitrogens with zero attached hydrogens (tertiary/aromatic N) is 2. The summed E-state index contributed by atoms with van der Waals surface area (Å²) in [5, 5.41) is 3.28. The first-order valence-corrected chi connectivity index (χ1v) is 8.85. The molecular weight excluding hydrogens is 419 g/mol. The summed E-state index contributed by atoms with van der Waals surface area (Å²) in [6, 6.07) is 0.290. The molecular formula is C17H31IN4O2. The number of guanidine groups is 1. The lowest BCUT2D eigenvalue weighted by atomic mass is 9.97. The maximum atomic E-state index is 11.6. The molecule has 0 atom stereocenters. The summed E-state index contributed by atoms with van der Waals surface area (Å²) >= 11 is 0. The normalized spacial score (nSPS) is 19.3. The first-order chi connectivity index (χ1) is 11.2. The fraction of sp³-hybridized carbons (Fsp3) is 0.765. The third-order valence-electron chi connectivity index (χ3n) is 4.47. The number of ether oxygens (including phenoxy) is 1. The van der Waals surface area contributed by atoms with E-state index in [9.17, 15) is 4.79 Å². The Morgan fingerprint density at radius 2 is 2.17 bits per heavy atom. The number of nitrogens with one attached hydrogen (secondary N) is 1. The summed E-state index contributed by atoms with van der Waals surface area (Å²) in [4.78, 5) is 17.8. The van der Waals surface area contributed by atoms with Gasteiger partial charge in [-0.2, -0.15) is 0 Å². The number of piperidine rings is 1. The predicted molar refractivity (Wildman–Crippen MR) is 108 cm³/mol. The second-order valence-electron chi connectivity index (χ2n) is 6.23. The highest BCUT2D eigenvalue weighted by atomic mass is 127. The van der Waals surface area contributed by atoms with Crippen molar-refractivity contribution in [1.29, 1.82) is 0 Å².